The second-order valence-corrected chi connectivity index (χ2v) is 7.80. The van der Waals surface area contributed by atoms with Crippen LogP contribution in [0.3, 0.4) is 0 Å². The first-order valence-corrected chi connectivity index (χ1v) is 10.9. The van der Waals surface area contributed by atoms with Crippen LogP contribution in [0.2, 0.25) is 0 Å². The van der Waals surface area contributed by atoms with Gasteiger partial charge in [0.2, 0.25) is 0 Å². The van der Waals surface area contributed by atoms with Crippen LogP contribution in [0.5, 0.6) is 5.75 Å². The molecule has 0 radical (unpaired) electrons. The second kappa shape index (κ2) is 14.6. The Labute approximate surface area is 226 Å². The summed E-state index contributed by atoms with van der Waals surface area (Å²) in [5.41, 5.74) is 2.01. The van der Waals surface area contributed by atoms with E-state index in [1.54, 1.807) is 12.1 Å². The Morgan fingerprint density at radius 2 is 1.51 bits per heavy atom. The zero-order chi connectivity index (χ0) is 24.3. The zero-order valence-corrected chi connectivity index (χ0v) is 18.6. The van der Waals surface area contributed by atoms with Crippen LogP contribution in [0.15, 0.2) is 78.9 Å². The van der Waals surface area contributed by atoms with Crippen LogP contribution in [0.4, 0.5) is 5.69 Å². The molecule has 0 unspecified atom stereocenters. The van der Waals surface area contributed by atoms with E-state index in [0.29, 0.717) is 23.4 Å². The Balaban J connectivity index is 0.00000432. The standard InChI is InChI=1S/C26H28N2O6.Na.H/c29-16-22(27-15-23(30)17-34-24-4-2-1-3-5-24)14-18-6-12-21(13-7-18)28-25(31)19-8-10-20(11-9-19)26(32)33;;/h1-13,22-23,27,29-30H,14-17H2,(H,28,31)(H,32,33);;/t22-,23-;;/m0../s1. The maximum atomic E-state index is 12.4. The van der Waals surface area contributed by atoms with Crippen LogP contribution in [-0.4, -0.2) is 88.7 Å². The number of rotatable bonds is 12. The predicted molar refractivity (Wildman–Crippen MR) is 135 cm³/mol. The average molecular weight is 489 g/mol. The van der Waals surface area contributed by atoms with Crippen molar-refractivity contribution in [3.8, 4) is 5.75 Å². The predicted octanol–water partition coefficient (Wildman–Crippen LogP) is 1.92. The van der Waals surface area contributed by atoms with E-state index in [1.807, 2.05) is 42.5 Å². The average Bonchev–Trinajstić information content (AvgIpc) is 2.87. The number of hydrogen-bond donors (Lipinski definition) is 5. The van der Waals surface area contributed by atoms with Crippen LogP contribution in [-0.2, 0) is 6.42 Å². The van der Waals surface area contributed by atoms with Crippen molar-refractivity contribution in [2.75, 3.05) is 25.1 Å². The molecule has 8 nitrogen and oxygen atoms in total. The number of carbonyl (C=O) groups excluding carboxylic acids is 1. The molecule has 3 rings (SSSR count). The van der Waals surface area contributed by atoms with Gasteiger partial charge in [0.05, 0.1) is 12.2 Å². The second-order valence-electron chi connectivity index (χ2n) is 7.80. The minimum absolute atomic E-state index is 0. The molecule has 0 aliphatic rings. The van der Waals surface area contributed by atoms with E-state index in [2.05, 4.69) is 10.6 Å². The third kappa shape index (κ3) is 9.45. The van der Waals surface area contributed by atoms with Gasteiger partial charge < -0.3 is 30.7 Å². The van der Waals surface area contributed by atoms with Gasteiger partial charge in [-0.1, -0.05) is 30.3 Å². The van der Waals surface area contributed by atoms with E-state index in [9.17, 15) is 19.8 Å². The molecule has 0 spiro atoms. The molecule has 0 bridgehead atoms. The van der Waals surface area contributed by atoms with E-state index in [-0.39, 0.29) is 66.8 Å². The number of aromatic carboxylic acids is 1. The molecule has 35 heavy (non-hydrogen) atoms. The summed E-state index contributed by atoms with van der Waals surface area (Å²) in [6.07, 6.45) is -0.190. The molecule has 0 aromatic heterocycles. The summed E-state index contributed by atoms with van der Waals surface area (Å²) >= 11 is 0. The minimum atomic E-state index is -1.05. The number of hydrogen-bond acceptors (Lipinski definition) is 6. The number of carboxylic acids is 1. The molecule has 0 saturated carbocycles. The van der Waals surface area contributed by atoms with Gasteiger partial charge in [-0.3, -0.25) is 4.79 Å². The number of nitrogens with one attached hydrogen (secondary N) is 2. The number of aliphatic hydroxyl groups excluding tert-OH is 2. The first kappa shape index (κ1) is 28.5. The van der Waals surface area contributed by atoms with E-state index in [1.165, 1.54) is 24.3 Å². The fourth-order valence-electron chi connectivity index (χ4n) is 3.25. The van der Waals surface area contributed by atoms with Gasteiger partial charge in [0.1, 0.15) is 18.5 Å². The fourth-order valence-corrected chi connectivity index (χ4v) is 3.25. The van der Waals surface area contributed by atoms with Gasteiger partial charge in [0.15, 0.2) is 0 Å². The first-order chi connectivity index (χ1) is 16.4. The molecule has 0 fully saturated rings. The van der Waals surface area contributed by atoms with Gasteiger partial charge >= 0.3 is 35.5 Å². The van der Waals surface area contributed by atoms with Crippen LogP contribution >= 0.6 is 0 Å². The molecular weight excluding hydrogens is 459 g/mol. The van der Waals surface area contributed by atoms with Crippen molar-refractivity contribution in [2.24, 2.45) is 0 Å². The number of carbonyl (C=O) groups is 2. The van der Waals surface area contributed by atoms with Gasteiger partial charge in [-0.25, -0.2) is 4.79 Å². The Hall–Kier alpha value is -2.72. The number of carboxylic acid groups (broad SMARTS) is 1. The summed E-state index contributed by atoms with van der Waals surface area (Å²) in [6.45, 7) is 0.312. The molecule has 0 saturated heterocycles. The topological polar surface area (TPSA) is 128 Å². The number of aliphatic hydroxyl groups is 2. The maximum absolute atomic E-state index is 12.4. The molecular formula is C26H29N2NaO6. The third-order valence-corrected chi connectivity index (χ3v) is 5.14. The van der Waals surface area contributed by atoms with Gasteiger partial charge in [-0.15, -0.1) is 0 Å². The van der Waals surface area contributed by atoms with Crippen LogP contribution in [0.1, 0.15) is 26.3 Å². The molecule has 0 aliphatic heterocycles. The van der Waals surface area contributed by atoms with E-state index in [4.69, 9.17) is 9.84 Å². The SMILES string of the molecule is O=C(O)c1ccc(C(=O)Nc2ccc(C[C@@H](CO)NC[C@H](O)COc3ccccc3)cc2)cc1.[NaH]. The molecule has 2 atom stereocenters. The van der Waals surface area contributed by atoms with E-state index >= 15 is 0 Å². The third-order valence-electron chi connectivity index (χ3n) is 5.14. The van der Waals surface area contributed by atoms with Crippen molar-refractivity contribution < 1.29 is 29.6 Å². The van der Waals surface area contributed by atoms with Crippen molar-refractivity contribution in [3.05, 3.63) is 95.6 Å². The summed E-state index contributed by atoms with van der Waals surface area (Å²) in [6, 6.07) is 21.9. The van der Waals surface area contributed by atoms with E-state index in [0.717, 1.165) is 5.56 Å². The quantitative estimate of drug-likeness (QED) is 0.247. The van der Waals surface area contributed by atoms with Crippen molar-refractivity contribution in [1.82, 2.24) is 5.32 Å². The Morgan fingerprint density at radius 1 is 0.886 bits per heavy atom. The number of anilines is 1. The van der Waals surface area contributed by atoms with Crippen LogP contribution in [0, 0.1) is 0 Å². The molecule has 0 heterocycles. The molecule has 180 valence electrons. The fraction of sp³-hybridized carbons (Fsp3) is 0.231. The molecule has 0 aliphatic carbocycles. The number of amides is 1. The van der Waals surface area contributed by atoms with Gasteiger partial charge in [0.25, 0.3) is 5.91 Å². The molecule has 9 heteroatoms. The van der Waals surface area contributed by atoms with E-state index < -0.39 is 12.1 Å². The summed E-state index contributed by atoms with van der Waals surface area (Å²) in [4.78, 5) is 23.3. The first-order valence-electron chi connectivity index (χ1n) is 10.9. The monoisotopic (exact) mass is 488 g/mol. The molecule has 5 N–H and O–H groups in total. The molecule has 3 aromatic carbocycles. The molecule has 1 amide bonds. The normalized spacial score (nSPS) is 12.2. The van der Waals surface area contributed by atoms with Crippen LogP contribution < -0.4 is 15.4 Å². The van der Waals surface area contributed by atoms with Crippen molar-refractivity contribution in [2.45, 2.75) is 18.6 Å². The van der Waals surface area contributed by atoms with Crippen molar-refractivity contribution in [1.29, 1.82) is 0 Å². The van der Waals surface area contributed by atoms with Crippen LogP contribution in [0.25, 0.3) is 0 Å². The van der Waals surface area contributed by atoms with Gasteiger partial charge in [-0.2, -0.15) is 0 Å². The number of benzene rings is 3. The zero-order valence-electron chi connectivity index (χ0n) is 18.6. The van der Waals surface area contributed by atoms with Crippen molar-refractivity contribution in [3.63, 3.8) is 0 Å². The summed E-state index contributed by atoms with van der Waals surface area (Å²) < 4.78 is 5.53. The summed E-state index contributed by atoms with van der Waals surface area (Å²) in [5, 5.41) is 34.7. The Morgan fingerprint density at radius 3 is 2.11 bits per heavy atom. The van der Waals surface area contributed by atoms with Gasteiger partial charge in [0, 0.05) is 23.8 Å². The summed E-state index contributed by atoms with van der Waals surface area (Å²) in [7, 11) is 0. The number of ether oxygens (including phenoxy) is 1. The number of para-hydroxylation sites is 1. The van der Waals surface area contributed by atoms with Gasteiger partial charge in [-0.05, 0) is 60.5 Å². The Kier molecular flexibility index (Phi) is 11.9. The summed E-state index contributed by atoms with van der Waals surface area (Å²) in [5.74, 6) is -0.704. The molecule has 3 aromatic rings. The Bertz CT molecular complexity index is 1060. The van der Waals surface area contributed by atoms with Crippen molar-refractivity contribution >= 4 is 47.1 Å².